The van der Waals surface area contributed by atoms with E-state index in [0.717, 1.165) is 29.8 Å². The molecule has 4 heteroatoms. The normalized spacial score (nSPS) is 16.7. The van der Waals surface area contributed by atoms with Crippen molar-refractivity contribution in [3.05, 3.63) is 11.8 Å². The first-order valence-corrected chi connectivity index (χ1v) is 6.43. The van der Waals surface area contributed by atoms with Gasteiger partial charge in [0.1, 0.15) is 5.82 Å². The molecule has 1 saturated carbocycles. The van der Waals surface area contributed by atoms with Crippen molar-refractivity contribution >= 4 is 11.8 Å². The molecule has 0 amide bonds. The average Bonchev–Trinajstić information content (AvgIpc) is 3.14. The van der Waals surface area contributed by atoms with Crippen LogP contribution in [0.4, 0.5) is 11.8 Å². The van der Waals surface area contributed by atoms with E-state index in [0.29, 0.717) is 6.04 Å². The highest BCUT2D eigenvalue weighted by Gasteiger charge is 2.31. The van der Waals surface area contributed by atoms with Crippen molar-refractivity contribution in [1.29, 1.82) is 0 Å². The number of hydrogen-bond acceptors (Lipinski definition) is 4. The fourth-order valence-electron chi connectivity index (χ4n) is 2.12. The van der Waals surface area contributed by atoms with Crippen LogP contribution in [0.15, 0.2) is 6.20 Å². The van der Waals surface area contributed by atoms with Gasteiger partial charge in [-0.1, -0.05) is 0 Å². The predicted octanol–water partition coefficient (Wildman–Crippen LogP) is 2.45. The Labute approximate surface area is 103 Å². The quantitative estimate of drug-likeness (QED) is 0.849. The molecule has 0 spiro atoms. The summed E-state index contributed by atoms with van der Waals surface area (Å²) in [7, 11) is 2.13. The van der Waals surface area contributed by atoms with E-state index in [-0.39, 0.29) is 0 Å². The van der Waals surface area contributed by atoms with Crippen LogP contribution in [0.5, 0.6) is 0 Å². The third-order valence-corrected chi connectivity index (χ3v) is 3.53. The minimum atomic E-state index is 0.568. The molecule has 1 atom stereocenters. The molecule has 0 aliphatic heterocycles. The first-order chi connectivity index (χ1) is 8.13. The summed E-state index contributed by atoms with van der Waals surface area (Å²) in [6.45, 7) is 7.26. The Hall–Kier alpha value is -1.32. The van der Waals surface area contributed by atoms with Gasteiger partial charge in [-0.25, -0.2) is 4.98 Å². The highest BCUT2D eigenvalue weighted by atomic mass is 15.2. The molecule has 0 bridgehead atoms. The second-order valence-corrected chi connectivity index (χ2v) is 4.92. The van der Waals surface area contributed by atoms with Gasteiger partial charge in [-0.2, -0.15) is 4.98 Å². The molecule has 2 rings (SSSR count). The van der Waals surface area contributed by atoms with E-state index in [2.05, 4.69) is 48.0 Å². The van der Waals surface area contributed by atoms with Crippen LogP contribution in [0.2, 0.25) is 0 Å². The van der Waals surface area contributed by atoms with E-state index in [4.69, 9.17) is 0 Å². The first-order valence-electron chi connectivity index (χ1n) is 6.43. The Morgan fingerprint density at radius 1 is 1.53 bits per heavy atom. The predicted molar refractivity (Wildman–Crippen MR) is 71.5 cm³/mol. The van der Waals surface area contributed by atoms with Gasteiger partial charge in [0.05, 0.1) is 0 Å². The summed E-state index contributed by atoms with van der Waals surface area (Å²) in [4.78, 5) is 11.2. The van der Waals surface area contributed by atoms with Crippen LogP contribution in [0, 0.1) is 12.8 Å². The number of hydrogen-bond donors (Lipinski definition) is 1. The summed E-state index contributed by atoms with van der Waals surface area (Å²) in [5.74, 6) is 2.62. The van der Waals surface area contributed by atoms with Gasteiger partial charge in [0.15, 0.2) is 0 Å². The van der Waals surface area contributed by atoms with Crippen molar-refractivity contribution in [2.75, 3.05) is 23.8 Å². The Kier molecular flexibility index (Phi) is 3.50. The Morgan fingerprint density at radius 2 is 2.24 bits per heavy atom. The van der Waals surface area contributed by atoms with Crippen molar-refractivity contribution in [2.24, 2.45) is 5.92 Å². The minimum Gasteiger partial charge on any atom is -0.356 e. The Balaban J connectivity index is 2.19. The van der Waals surface area contributed by atoms with Gasteiger partial charge in [0.2, 0.25) is 5.95 Å². The van der Waals surface area contributed by atoms with Crippen LogP contribution in [0.3, 0.4) is 0 Å². The van der Waals surface area contributed by atoms with E-state index in [1.54, 1.807) is 0 Å². The summed E-state index contributed by atoms with van der Waals surface area (Å²) in [5.41, 5.74) is 1.14. The molecule has 17 heavy (non-hydrogen) atoms. The lowest BCUT2D eigenvalue weighted by Crippen LogP contribution is -2.32. The first kappa shape index (κ1) is 12.1. The zero-order chi connectivity index (χ0) is 12.4. The topological polar surface area (TPSA) is 41.1 Å². The molecule has 0 saturated heterocycles. The highest BCUT2D eigenvalue weighted by Crippen LogP contribution is 2.36. The Morgan fingerprint density at radius 3 is 2.82 bits per heavy atom. The smallest absolute Gasteiger partial charge is 0.224 e. The van der Waals surface area contributed by atoms with Crippen LogP contribution in [0.25, 0.3) is 0 Å². The molecular weight excluding hydrogens is 212 g/mol. The molecule has 94 valence electrons. The second-order valence-electron chi connectivity index (χ2n) is 4.92. The molecule has 1 aliphatic rings. The molecule has 1 aromatic rings. The van der Waals surface area contributed by atoms with Crippen LogP contribution in [-0.2, 0) is 0 Å². The van der Waals surface area contributed by atoms with Gasteiger partial charge >= 0.3 is 0 Å². The minimum absolute atomic E-state index is 0.568. The molecule has 1 fully saturated rings. The summed E-state index contributed by atoms with van der Waals surface area (Å²) in [6, 6.07) is 0.568. The maximum absolute atomic E-state index is 4.60. The molecular formula is C13H22N4. The molecule has 0 radical (unpaired) electrons. The van der Waals surface area contributed by atoms with E-state index in [1.807, 2.05) is 6.20 Å². The van der Waals surface area contributed by atoms with Crippen molar-refractivity contribution < 1.29 is 0 Å². The van der Waals surface area contributed by atoms with E-state index < -0.39 is 0 Å². The van der Waals surface area contributed by atoms with Crippen molar-refractivity contribution in [3.8, 4) is 0 Å². The monoisotopic (exact) mass is 234 g/mol. The van der Waals surface area contributed by atoms with Crippen LogP contribution in [0.1, 0.15) is 32.3 Å². The largest absolute Gasteiger partial charge is 0.356 e. The zero-order valence-corrected chi connectivity index (χ0v) is 11.2. The lowest BCUT2D eigenvalue weighted by Gasteiger charge is -2.27. The molecule has 1 unspecified atom stereocenters. The van der Waals surface area contributed by atoms with E-state index in [9.17, 15) is 0 Å². The number of anilines is 2. The van der Waals surface area contributed by atoms with E-state index >= 15 is 0 Å². The number of rotatable bonds is 5. The van der Waals surface area contributed by atoms with Gasteiger partial charge < -0.3 is 10.2 Å². The van der Waals surface area contributed by atoms with Crippen molar-refractivity contribution in [1.82, 2.24) is 9.97 Å². The average molecular weight is 234 g/mol. The number of nitrogens with one attached hydrogen (secondary N) is 1. The van der Waals surface area contributed by atoms with Gasteiger partial charge in [-0.3, -0.25) is 0 Å². The summed E-state index contributed by atoms with van der Waals surface area (Å²) in [5, 5.41) is 3.16. The van der Waals surface area contributed by atoms with Crippen LogP contribution in [-0.4, -0.2) is 29.6 Å². The molecule has 1 N–H and O–H groups in total. The zero-order valence-electron chi connectivity index (χ0n) is 11.2. The van der Waals surface area contributed by atoms with Gasteiger partial charge in [0, 0.05) is 31.4 Å². The summed E-state index contributed by atoms with van der Waals surface area (Å²) < 4.78 is 0. The number of nitrogens with zero attached hydrogens (tertiary/aromatic N) is 3. The maximum Gasteiger partial charge on any atom is 0.224 e. The molecule has 1 aliphatic carbocycles. The lowest BCUT2D eigenvalue weighted by molar-refractivity contribution is 0.602. The molecule has 0 aromatic carbocycles. The SMILES string of the molecule is CCNc1ncc(C)c(N(C)C(C)C2CC2)n1. The molecule has 4 nitrogen and oxygen atoms in total. The fourth-order valence-corrected chi connectivity index (χ4v) is 2.12. The molecule has 1 heterocycles. The van der Waals surface area contributed by atoms with Gasteiger partial charge in [-0.05, 0) is 39.5 Å². The third kappa shape index (κ3) is 2.68. The maximum atomic E-state index is 4.60. The van der Waals surface area contributed by atoms with Crippen molar-refractivity contribution in [3.63, 3.8) is 0 Å². The Bertz CT molecular complexity index is 387. The standard InChI is InChI=1S/C13H22N4/c1-5-14-13-15-8-9(2)12(16-13)17(4)10(3)11-6-7-11/h8,10-11H,5-7H2,1-4H3,(H,14,15,16). The van der Waals surface area contributed by atoms with Crippen LogP contribution < -0.4 is 10.2 Å². The summed E-state index contributed by atoms with van der Waals surface area (Å²) in [6.07, 6.45) is 4.61. The van der Waals surface area contributed by atoms with Crippen LogP contribution >= 0.6 is 0 Å². The lowest BCUT2D eigenvalue weighted by atomic mass is 10.2. The third-order valence-electron chi connectivity index (χ3n) is 3.53. The van der Waals surface area contributed by atoms with Gasteiger partial charge in [0.25, 0.3) is 0 Å². The van der Waals surface area contributed by atoms with E-state index in [1.165, 1.54) is 12.8 Å². The summed E-state index contributed by atoms with van der Waals surface area (Å²) >= 11 is 0. The highest BCUT2D eigenvalue weighted by molar-refractivity contribution is 5.49. The van der Waals surface area contributed by atoms with Gasteiger partial charge in [-0.15, -0.1) is 0 Å². The number of aromatic nitrogens is 2. The second kappa shape index (κ2) is 4.90. The fraction of sp³-hybridized carbons (Fsp3) is 0.692. The number of aryl methyl sites for hydroxylation is 1. The molecule has 1 aromatic heterocycles. The van der Waals surface area contributed by atoms with Crippen molar-refractivity contribution in [2.45, 2.75) is 39.7 Å².